The number of carbonyl (C=O) groups excluding carboxylic acids is 1. The minimum atomic E-state index is -0.426. The number of alkyl carbamates (subject to hydrolysis) is 1. The molecule has 0 aliphatic carbocycles. The maximum absolute atomic E-state index is 11.4. The summed E-state index contributed by atoms with van der Waals surface area (Å²) < 4.78 is 10.4. The summed E-state index contributed by atoms with van der Waals surface area (Å²) in [6.45, 7) is 8.85. The molecule has 0 bridgehead atoms. The Hall–Kier alpha value is -0.810. The van der Waals surface area contributed by atoms with Crippen LogP contribution in [-0.4, -0.2) is 44.0 Å². The molecule has 5 nitrogen and oxygen atoms in total. The first-order chi connectivity index (χ1) is 8.47. The van der Waals surface area contributed by atoms with Crippen LogP contribution >= 0.6 is 0 Å². The Labute approximate surface area is 110 Å². The summed E-state index contributed by atoms with van der Waals surface area (Å²) in [5.41, 5.74) is -0.426. The molecule has 1 amide bonds. The maximum Gasteiger partial charge on any atom is 0.407 e. The second-order valence-electron chi connectivity index (χ2n) is 5.62. The van der Waals surface area contributed by atoms with Gasteiger partial charge in [0.05, 0.1) is 0 Å². The minimum absolute atomic E-state index is 0.339. The molecule has 1 heterocycles. The number of hydrogen-bond donors (Lipinski definition) is 2. The van der Waals surface area contributed by atoms with Gasteiger partial charge in [-0.1, -0.05) is 0 Å². The SMILES string of the molecule is CC(C)(C)OC(=O)NCCCNC1CCOCC1. The fourth-order valence-corrected chi connectivity index (χ4v) is 1.80. The van der Waals surface area contributed by atoms with E-state index in [0.29, 0.717) is 12.6 Å². The zero-order valence-electron chi connectivity index (χ0n) is 11.8. The number of nitrogens with one attached hydrogen (secondary N) is 2. The Morgan fingerprint density at radius 2 is 1.94 bits per heavy atom. The zero-order valence-corrected chi connectivity index (χ0v) is 11.8. The van der Waals surface area contributed by atoms with Crippen LogP contribution in [-0.2, 0) is 9.47 Å². The molecule has 1 aliphatic heterocycles. The summed E-state index contributed by atoms with van der Waals surface area (Å²) in [6.07, 6.45) is 2.74. The first kappa shape index (κ1) is 15.2. The van der Waals surface area contributed by atoms with Gasteiger partial charge in [-0.3, -0.25) is 0 Å². The van der Waals surface area contributed by atoms with Gasteiger partial charge in [-0.15, -0.1) is 0 Å². The summed E-state index contributed by atoms with van der Waals surface area (Å²) in [7, 11) is 0. The topological polar surface area (TPSA) is 59.6 Å². The van der Waals surface area contributed by atoms with E-state index in [9.17, 15) is 4.79 Å². The molecule has 1 rings (SSSR count). The lowest BCUT2D eigenvalue weighted by Gasteiger charge is -2.23. The largest absolute Gasteiger partial charge is 0.444 e. The van der Waals surface area contributed by atoms with Gasteiger partial charge in [0.1, 0.15) is 5.60 Å². The normalized spacial score (nSPS) is 17.5. The van der Waals surface area contributed by atoms with E-state index in [1.54, 1.807) is 0 Å². The third-order valence-electron chi connectivity index (χ3n) is 2.68. The molecule has 0 saturated carbocycles. The van der Waals surface area contributed by atoms with Crippen molar-refractivity contribution in [1.82, 2.24) is 10.6 Å². The van der Waals surface area contributed by atoms with Crippen molar-refractivity contribution in [3.63, 3.8) is 0 Å². The fraction of sp³-hybridized carbons (Fsp3) is 0.923. The van der Waals surface area contributed by atoms with Gasteiger partial charge in [-0.25, -0.2) is 4.79 Å². The van der Waals surface area contributed by atoms with Crippen LogP contribution < -0.4 is 10.6 Å². The van der Waals surface area contributed by atoms with Crippen molar-refractivity contribution < 1.29 is 14.3 Å². The standard InChI is InChI=1S/C13H26N2O3/c1-13(2,3)18-12(16)15-8-4-7-14-11-5-9-17-10-6-11/h11,14H,4-10H2,1-3H3,(H,15,16). The Morgan fingerprint density at radius 1 is 1.28 bits per heavy atom. The van der Waals surface area contributed by atoms with Gasteiger partial charge in [-0.2, -0.15) is 0 Å². The van der Waals surface area contributed by atoms with Crippen LogP contribution in [0.15, 0.2) is 0 Å². The van der Waals surface area contributed by atoms with Crippen molar-refractivity contribution in [1.29, 1.82) is 0 Å². The van der Waals surface area contributed by atoms with Crippen molar-refractivity contribution >= 4 is 6.09 Å². The van der Waals surface area contributed by atoms with Crippen molar-refractivity contribution in [3.8, 4) is 0 Å². The molecule has 0 aromatic carbocycles. The number of hydrogen-bond acceptors (Lipinski definition) is 4. The van der Waals surface area contributed by atoms with Gasteiger partial charge in [0.15, 0.2) is 0 Å². The van der Waals surface area contributed by atoms with Crippen molar-refractivity contribution in [2.45, 2.75) is 51.7 Å². The molecule has 5 heteroatoms. The van der Waals surface area contributed by atoms with Crippen LogP contribution in [0.5, 0.6) is 0 Å². The molecule has 0 radical (unpaired) electrons. The molecule has 1 aliphatic rings. The monoisotopic (exact) mass is 258 g/mol. The molecule has 1 saturated heterocycles. The predicted molar refractivity (Wildman–Crippen MR) is 70.7 cm³/mol. The van der Waals surface area contributed by atoms with Crippen LogP contribution in [0.1, 0.15) is 40.0 Å². The van der Waals surface area contributed by atoms with Gasteiger partial charge in [-0.05, 0) is 46.6 Å². The van der Waals surface area contributed by atoms with E-state index in [0.717, 1.165) is 39.0 Å². The molecule has 0 atom stereocenters. The summed E-state index contributed by atoms with van der Waals surface area (Å²) in [5.74, 6) is 0. The van der Waals surface area contributed by atoms with E-state index in [4.69, 9.17) is 9.47 Å². The smallest absolute Gasteiger partial charge is 0.407 e. The molecule has 2 N–H and O–H groups in total. The predicted octanol–water partition coefficient (Wildman–Crippen LogP) is 1.67. The lowest BCUT2D eigenvalue weighted by atomic mass is 10.1. The molecular weight excluding hydrogens is 232 g/mol. The first-order valence-electron chi connectivity index (χ1n) is 6.75. The average Bonchev–Trinajstić information content (AvgIpc) is 2.27. The zero-order chi connectivity index (χ0) is 13.4. The van der Waals surface area contributed by atoms with Crippen molar-refractivity contribution in [2.75, 3.05) is 26.3 Å². The summed E-state index contributed by atoms with van der Waals surface area (Å²) >= 11 is 0. The molecule has 0 unspecified atom stereocenters. The van der Waals surface area contributed by atoms with Gasteiger partial charge < -0.3 is 20.1 Å². The van der Waals surface area contributed by atoms with E-state index in [2.05, 4.69) is 10.6 Å². The summed E-state index contributed by atoms with van der Waals surface area (Å²) in [4.78, 5) is 11.4. The Balaban J connectivity index is 1.96. The third kappa shape index (κ3) is 7.50. The Kier molecular flexibility index (Phi) is 6.43. The second-order valence-corrected chi connectivity index (χ2v) is 5.62. The molecule has 0 aromatic heterocycles. The lowest BCUT2D eigenvalue weighted by molar-refractivity contribution is 0.0527. The van der Waals surface area contributed by atoms with Crippen LogP contribution in [0.2, 0.25) is 0 Å². The summed E-state index contributed by atoms with van der Waals surface area (Å²) in [5, 5.41) is 6.22. The van der Waals surface area contributed by atoms with E-state index in [1.807, 2.05) is 20.8 Å². The molecule has 18 heavy (non-hydrogen) atoms. The van der Waals surface area contributed by atoms with Crippen LogP contribution in [0.25, 0.3) is 0 Å². The molecule has 106 valence electrons. The highest BCUT2D eigenvalue weighted by atomic mass is 16.6. The number of ether oxygens (including phenoxy) is 2. The van der Waals surface area contributed by atoms with E-state index >= 15 is 0 Å². The number of carbonyl (C=O) groups is 1. The van der Waals surface area contributed by atoms with Gasteiger partial charge in [0, 0.05) is 25.8 Å². The second kappa shape index (κ2) is 7.59. The molecular formula is C13H26N2O3. The first-order valence-corrected chi connectivity index (χ1v) is 6.75. The number of rotatable bonds is 5. The van der Waals surface area contributed by atoms with E-state index in [-0.39, 0.29) is 6.09 Å². The van der Waals surface area contributed by atoms with Gasteiger partial charge >= 0.3 is 6.09 Å². The van der Waals surface area contributed by atoms with Gasteiger partial charge in [0.2, 0.25) is 0 Å². The molecule has 0 aromatic rings. The van der Waals surface area contributed by atoms with Crippen LogP contribution in [0.3, 0.4) is 0 Å². The van der Waals surface area contributed by atoms with Crippen molar-refractivity contribution in [2.24, 2.45) is 0 Å². The Bertz CT molecular complexity index is 245. The lowest BCUT2D eigenvalue weighted by Crippen LogP contribution is -2.37. The molecule has 0 spiro atoms. The van der Waals surface area contributed by atoms with Gasteiger partial charge in [0.25, 0.3) is 0 Å². The van der Waals surface area contributed by atoms with Crippen LogP contribution in [0.4, 0.5) is 4.79 Å². The van der Waals surface area contributed by atoms with Crippen molar-refractivity contribution in [3.05, 3.63) is 0 Å². The highest BCUT2D eigenvalue weighted by Gasteiger charge is 2.15. The minimum Gasteiger partial charge on any atom is -0.444 e. The summed E-state index contributed by atoms with van der Waals surface area (Å²) in [6, 6.07) is 0.570. The maximum atomic E-state index is 11.4. The van der Waals surface area contributed by atoms with E-state index in [1.165, 1.54) is 0 Å². The molecule has 1 fully saturated rings. The van der Waals surface area contributed by atoms with Crippen LogP contribution in [0, 0.1) is 0 Å². The third-order valence-corrected chi connectivity index (χ3v) is 2.68. The fourth-order valence-electron chi connectivity index (χ4n) is 1.80. The highest BCUT2D eigenvalue weighted by Crippen LogP contribution is 2.07. The average molecular weight is 258 g/mol. The quantitative estimate of drug-likeness (QED) is 0.736. The van der Waals surface area contributed by atoms with E-state index < -0.39 is 5.60 Å². The Morgan fingerprint density at radius 3 is 2.56 bits per heavy atom. The number of amides is 1. The highest BCUT2D eigenvalue weighted by molar-refractivity contribution is 5.67.